The van der Waals surface area contributed by atoms with E-state index in [4.69, 9.17) is 4.74 Å². The van der Waals surface area contributed by atoms with Gasteiger partial charge >= 0.3 is 12.1 Å². The van der Waals surface area contributed by atoms with E-state index in [1.807, 2.05) is 13.8 Å². The quantitative estimate of drug-likeness (QED) is 0.500. The first-order chi connectivity index (χ1) is 15.9. The van der Waals surface area contributed by atoms with Gasteiger partial charge in [-0.15, -0.1) is 0 Å². The summed E-state index contributed by atoms with van der Waals surface area (Å²) in [7, 11) is 0. The van der Waals surface area contributed by atoms with E-state index >= 15 is 0 Å². The molecule has 3 rings (SSSR count). The van der Waals surface area contributed by atoms with Crippen molar-refractivity contribution in [2.24, 2.45) is 0 Å². The third-order valence-electron chi connectivity index (χ3n) is 5.44. The van der Waals surface area contributed by atoms with Crippen LogP contribution in [0.3, 0.4) is 0 Å². The van der Waals surface area contributed by atoms with Gasteiger partial charge in [-0.25, -0.2) is 9.18 Å². The first kappa shape index (κ1) is 27.1. The molecule has 9 heteroatoms. The van der Waals surface area contributed by atoms with Crippen LogP contribution in [0.2, 0.25) is 0 Å². The molecule has 0 heterocycles. The number of alkyl halides is 3. The summed E-state index contributed by atoms with van der Waals surface area (Å²) in [4.78, 5) is 24.2. The van der Waals surface area contributed by atoms with Gasteiger partial charge in [0.2, 0.25) is 0 Å². The van der Waals surface area contributed by atoms with E-state index in [9.17, 15) is 32.3 Å². The van der Waals surface area contributed by atoms with Gasteiger partial charge in [0, 0.05) is 5.56 Å². The fourth-order valence-electron chi connectivity index (χ4n) is 3.53. The van der Waals surface area contributed by atoms with Gasteiger partial charge in [0.25, 0.3) is 5.91 Å². The third kappa shape index (κ3) is 6.27. The van der Waals surface area contributed by atoms with E-state index in [0.29, 0.717) is 12.5 Å². The maximum Gasteiger partial charge on any atom is 0.416 e. The molecular formula is C25H29F4NO4. The Balaban J connectivity index is 0.00000199. The van der Waals surface area contributed by atoms with Crippen molar-refractivity contribution in [3.8, 4) is 5.75 Å². The number of rotatable bonds is 6. The number of fused-ring (bicyclic) bond motifs is 1. The molecule has 0 atom stereocenters. The lowest BCUT2D eigenvalue weighted by atomic mass is 9.89. The molecule has 2 aromatic rings. The number of hydrogen-bond acceptors (Lipinski definition) is 3. The van der Waals surface area contributed by atoms with Crippen molar-refractivity contribution in [1.82, 2.24) is 5.32 Å². The average molecular weight is 484 g/mol. The summed E-state index contributed by atoms with van der Waals surface area (Å²) < 4.78 is 58.4. The highest BCUT2D eigenvalue weighted by Crippen LogP contribution is 2.35. The molecule has 0 spiro atoms. The average Bonchev–Trinajstić information content (AvgIpc) is 2.78. The van der Waals surface area contributed by atoms with Crippen LogP contribution in [0.1, 0.15) is 73.1 Å². The second-order valence-electron chi connectivity index (χ2n) is 8.26. The van der Waals surface area contributed by atoms with Gasteiger partial charge in [-0.3, -0.25) is 4.79 Å². The number of amides is 1. The van der Waals surface area contributed by atoms with E-state index < -0.39 is 35.0 Å². The second-order valence-corrected chi connectivity index (χ2v) is 8.26. The number of carboxylic acid groups (broad SMARTS) is 1. The minimum atomic E-state index is -4.67. The van der Waals surface area contributed by atoms with Gasteiger partial charge in [0.15, 0.2) is 0 Å². The largest absolute Gasteiger partial charge is 0.488 e. The van der Waals surface area contributed by atoms with E-state index in [0.717, 1.165) is 42.5 Å². The monoisotopic (exact) mass is 483 g/mol. The molecule has 5 nitrogen and oxygen atoms in total. The topological polar surface area (TPSA) is 75.6 Å². The number of halogens is 4. The molecule has 1 aliphatic carbocycles. The summed E-state index contributed by atoms with van der Waals surface area (Å²) in [5.41, 5.74) is -0.913. The van der Waals surface area contributed by atoms with E-state index in [1.165, 1.54) is 19.9 Å². The van der Waals surface area contributed by atoms with Crippen molar-refractivity contribution in [2.45, 2.75) is 71.7 Å². The highest BCUT2D eigenvalue weighted by Gasteiger charge is 2.32. The number of carbonyl (C=O) groups is 2. The van der Waals surface area contributed by atoms with Gasteiger partial charge in [0.05, 0.1) is 11.1 Å². The van der Waals surface area contributed by atoms with Crippen LogP contribution in [-0.4, -0.2) is 22.5 Å². The van der Waals surface area contributed by atoms with Gasteiger partial charge < -0.3 is 15.2 Å². The van der Waals surface area contributed by atoms with Gasteiger partial charge in [0.1, 0.15) is 23.7 Å². The first-order valence-electron chi connectivity index (χ1n) is 11.1. The van der Waals surface area contributed by atoms with Crippen molar-refractivity contribution in [3.63, 3.8) is 0 Å². The molecule has 0 saturated carbocycles. The third-order valence-corrected chi connectivity index (χ3v) is 5.44. The Hall–Kier alpha value is -3.10. The van der Waals surface area contributed by atoms with Crippen LogP contribution in [0.4, 0.5) is 17.6 Å². The molecule has 2 aromatic carbocycles. The summed E-state index contributed by atoms with van der Waals surface area (Å²) >= 11 is 0. The number of nitrogens with one attached hydrogen (secondary N) is 1. The number of carboxylic acids is 1. The minimum Gasteiger partial charge on any atom is -0.488 e. The van der Waals surface area contributed by atoms with Gasteiger partial charge in [-0.1, -0.05) is 26.0 Å². The zero-order chi connectivity index (χ0) is 25.7. The summed E-state index contributed by atoms with van der Waals surface area (Å²) in [6.07, 6.45) is -1.48. The lowest BCUT2D eigenvalue weighted by molar-refractivity contribution is -0.143. The molecule has 1 aliphatic rings. The van der Waals surface area contributed by atoms with E-state index in [2.05, 4.69) is 5.32 Å². The van der Waals surface area contributed by atoms with Crippen molar-refractivity contribution in [3.05, 3.63) is 64.0 Å². The van der Waals surface area contributed by atoms with Gasteiger partial charge in [-0.2, -0.15) is 13.2 Å². The molecule has 0 aliphatic heterocycles. The maximum atomic E-state index is 14.3. The zero-order valence-corrected chi connectivity index (χ0v) is 19.6. The second kappa shape index (κ2) is 10.9. The number of aliphatic carboxylic acids is 1. The summed E-state index contributed by atoms with van der Waals surface area (Å²) in [6, 6.07) is 5.48. The minimum absolute atomic E-state index is 0.0901. The summed E-state index contributed by atoms with van der Waals surface area (Å²) in [5.74, 6) is -2.77. The van der Waals surface area contributed by atoms with Crippen molar-refractivity contribution in [1.29, 1.82) is 0 Å². The molecule has 34 heavy (non-hydrogen) atoms. The Labute approximate surface area is 196 Å². The Kier molecular flexibility index (Phi) is 8.69. The smallest absolute Gasteiger partial charge is 0.416 e. The summed E-state index contributed by atoms with van der Waals surface area (Å²) in [6.45, 7) is 6.29. The van der Waals surface area contributed by atoms with Crippen LogP contribution in [-0.2, 0) is 30.4 Å². The van der Waals surface area contributed by atoms with E-state index in [-0.39, 0.29) is 23.5 Å². The SMILES string of the molecule is CC.CC(C)(NC(=O)c1ccc2c(c1OCc1ccc(C(F)(F)F)cc1F)CCCC2)C(=O)O. The molecule has 0 unspecified atom stereocenters. The fraction of sp³-hybridized carbons (Fsp3) is 0.440. The van der Waals surface area contributed by atoms with Crippen LogP contribution >= 0.6 is 0 Å². The van der Waals surface area contributed by atoms with Crippen molar-refractivity contribution >= 4 is 11.9 Å². The molecule has 1 amide bonds. The normalized spacial score (nSPS) is 13.3. The number of benzene rings is 2. The molecule has 0 fully saturated rings. The number of hydrogen-bond donors (Lipinski definition) is 2. The predicted octanol–water partition coefficient (Wildman–Crippen LogP) is 5.92. The van der Waals surface area contributed by atoms with E-state index in [1.54, 1.807) is 6.07 Å². The van der Waals surface area contributed by atoms with Crippen LogP contribution in [0, 0.1) is 5.82 Å². The van der Waals surface area contributed by atoms with Crippen molar-refractivity contribution < 1.29 is 37.0 Å². The highest BCUT2D eigenvalue weighted by molar-refractivity contribution is 6.00. The van der Waals surface area contributed by atoms with Gasteiger partial charge in [-0.05, 0) is 68.9 Å². The highest BCUT2D eigenvalue weighted by atomic mass is 19.4. The number of carbonyl (C=O) groups excluding carboxylic acids is 1. The van der Waals surface area contributed by atoms with Crippen LogP contribution < -0.4 is 10.1 Å². The van der Waals surface area contributed by atoms with Crippen LogP contribution in [0.25, 0.3) is 0 Å². The molecule has 0 bridgehead atoms. The van der Waals surface area contributed by atoms with Crippen molar-refractivity contribution in [2.75, 3.05) is 0 Å². The standard InChI is InChI=1S/C23H23F4NO4.C2H6/c1-22(2,21(30)31)28-20(29)17-10-8-13-5-3-4-6-16(13)19(17)32-12-14-7-9-15(11-18(14)24)23(25,26)27;1-2/h7-11H,3-6,12H2,1-2H3,(H,28,29)(H,30,31);1-2H3. The number of aryl methyl sites for hydroxylation is 1. The summed E-state index contributed by atoms with van der Waals surface area (Å²) in [5, 5.41) is 11.7. The number of ether oxygens (including phenoxy) is 1. The first-order valence-corrected chi connectivity index (χ1v) is 11.1. The molecule has 0 aromatic heterocycles. The lowest BCUT2D eigenvalue weighted by Gasteiger charge is -2.25. The Morgan fingerprint density at radius 1 is 1.06 bits per heavy atom. The maximum absolute atomic E-state index is 14.3. The lowest BCUT2D eigenvalue weighted by Crippen LogP contribution is -2.49. The van der Waals surface area contributed by atoms with Crippen LogP contribution in [0.5, 0.6) is 5.75 Å². The van der Waals surface area contributed by atoms with Crippen LogP contribution in [0.15, 0.2) is 30.3 Å². The Bertz CT molecular complexity index is 1050. The predicted molar refractivity (Wildman–Crippen MR) is 119 cm³/mol. The molecular weight excluding hydrogens is 454 g/mol. The Morgan fingerprint density at radius 3 is 2.29 bits per heavy atom. The fourth-order valence-corrected chi connectivity index (χ4v) is 3.53. The molecule has 2 N–H and O–H groups in total. The molecule has 0 saturated heterocycles. The Morgan fingerprint density at radius 2 is 1.71 bits per heavy atom. The zero-order valence-electron chi connectivity index (χ0n) is 19.6. The molecule has 186 valence electrons. The molecule has 0 radical (unpaired) electrons.